The van der Waals surface area contributed by atoms with Crippen molar-refractivity contribution < 1.29 is 39.2 Å². The summed E-state index contributed by atoms with van der Waals surface area (Å²) in [6, 6.07) is -2.09. The van der Waals surface area contributed by atoms with Crippen LogP contribution in [0.2, 0.25) is 0 Å². The molecule has 1 amide bonds. The summed E-state index contributed by atoms with van der Waals surface area (Å²) in [4.78, 5) is 29.4. The molecule has 1 rings (SSSR count). The predicted molar refractivity (Wildman–Crippen MR) is 69.7 cm³/mol. The lowest BCUT2D eigenvalue weighted by atomic mass is 9.94. The maximum Gasteiger partial charge on any atom is 0.390 e. The second kappa shape index (κ2) is 6.84. The zero-order chi connectivity index (χ0) is 16.4. The number of hydrogen-bond donors (Lipinski definition) is 7. The fraction of sp³-hybridized carbons (Fsp3) is 0.700. The molecule has 0 bridgehead atoms. The number of rotatable bonds is 5. The molecule has 0 radical (unpaired) electrons. The summed E-state index contributed by atoms with van der Waals surface area (Å²) in [7, 11) is -4.76. The average molecular weight is 326 g/mol. The minimum absolute atomic E-state index is 0.511. The largest absolute Gasteiger partial charge is 0.478 e. The Morgan fingerprint density at radius 3 is 2.52 bits per heavy atom. The van der Waals surface area contributed by atoms with Crippen molar-refractivity contribution in [3.05, 3.63) is 11.6 Å². The third-order valence-electron chi connectivity index (χ3n) is 2.94. The van der Waals surface area contributed by atoms with Gasteiger partial charge in [0.15, 0.2) is 0 Å². The Morgan fingerprint density at radius 2 is 2.10 bits per heavy atom. The van der Waals surface area contributed by atoms with E-state index in [1.165, 1.54) is 6.92 Å². The van der Waals surface area contributed by atoms with Crippen LogP contribution in [0.15, 0.2) is 11.6 Å². The molecule has 0 aromatic rings. The van der Waals surface area contributed by atoms with Crippen LogP contribution in [0, 0.1) is 0 Å². The SMILES string of the molecule is CC(=O)N[C@H]1[C@H]([C@H](O)[C@H](O)CO)OC(P(=O)(O)O)=C[C@@H]1N. The van der Waals surface area contributed by atoms with E-state index in [-0.39, 0.29) is 0 Å². The highest BCUT2D eigenvalue weighted by atomic mass is 31.2. The minimum atomic E-state index is -4.76. The second-order valence-electron chi connectivity index (χ2n) is 4.68. The van der Waals surface area contributed by atoms with Crippen molar-refractivity contribution >= 4 is 13.5 Å². The Balaban J connectivity index is 3.12. The third-order valence-corrected chi connectivity index (χ3v) is 3.76. The molecule has 0 aromatic heterocycles. The predicted octanol–water partition coefficient (Wildman–Crippen LogP) is -3.05. The van der Waals surface area contributed by atoms with Gasteiger partial charge in [0.05, 0.1) is 18.7 Å². The first-order valence-corrected chi connectivity index (χ1v) is 7.63. The van der Waals surface area contributed by atoms with Gasteiger partial charge in [-0.05, 0) is 6.08 Å². The van der Waals surface area contributed by atoms with Gasteiger partial charge in [-0.1, -0.05) is 0 Å². The van der Waals surface area contributed by atoms with Crippen LogP contribution in [0.1, 0.15) is 6.92 Å². The fourth-order valence-corrected chi connectivity index (χ4v) is 2.55. The summed E-state index contributed by atoms with van der Waals surface area (Å²) >= 11 is 0. The van der Waals surface area contributed by atoms with E-state index in [1.54, 1.807) is 0 Å². The van der Waals surface area contributed by atoms with Crippen LogP contribution in [0.25, 0.3) is 0 Å². The van der Waals surface area contributed by atoms with E-state index in [2.05, 4.69) is 5.32 Å². The van der Waals surface area contributed by atoms with Crippen molar-refractivity contribution in [2.45, 2.75) is 37.3 Å². The molecule has 1 aliphatic rings. The molecule has 122 valence electrons. The number of carbonyl (C=O) groups is 1. The van der Waals surface area contributed by atoms with E-state index in [9.17, 15) is 19.6 Å². The molecule has 0 aromatic carbocycles. The van der Waals surface area contributed by atoms with Gasteiger partial charge in [-0.2, -0.15) is 0 Å². The Bertz CT molecular complexity index is 464. The van der Waals surface area contributed by atoms with Gasteiger partial charge >= 0.3 is 7.60 Å². The molecule has 0 fully saturated rings. The van der Waals surface area contributed by atoms with E-state index in [0.717, 1.165) is 6.08 Å². The molecule has 8 N–H and O–H groups in total. The average Bonchev–Trinajstić information content (AvgIpc) is 2.37. The monoisotopic (exact) mass is 326 g/mol. The molecule has 0 spiro atoms. The number of aliphatic hydroxyl groups is 3. The van der Waals surface area contributed by atoms with Crippen molar-refractivity contribution in [1.29, 1.82) is 0 Å². The molecule has 21 heavy (non-hydrogen) atoms. The molecule has 1 heterocycles. The first-order chi connectivity index (χ1) is 9.57. The summed E-state index contributed by atoms with van der Waals surface area (Å²) in [6.07, 6.45) is -3.84. The number of nitrogens with one attached hydrogen (secondary N) is 1. The van der Waals surface area contributed by atoms with E-state index >= 15 is 0 Å². The quantitative estimate of drug-likeness (QED) is 0.258. The van der Waals surface area contributed by atoms with Crippen LogP contribution >= 0.6 is 7.60 Å². The summed E-state index contributed by atoms with van der Waals surface area (Å²) in [5.41, 5.74) is 4.96. The number of ether oxygens (including phenoxy) is 1. The molecule has 0 saturated heterocycles. The lowest BCUT2D eigenvalue weighted by Crippen LogP contribution is -2.61. The van der Waals surface area contributed by atoms with Crippen LogP contribution in [-0.4, -0.2) is 68.0 Å². The van der Waals surface area contributed by atoms with Crippen molar-refractivity contribution in [3.63, 3.8) is 0 Å². The first kappa shape index (κ1) is 18.1. The zero-order valence-electron chi connectivity index (χ0n) is 11.2. The number of hydrogen-bond acceptors (Lipinski definition) is 7. The number of aliphatic hydroxyl groups excluding tert-OH is 3. The maximum atomic E-state index is 11.2. The summed E-state index contributed by atoms with van der Waals surface area (Å²) in [6.45, 7) is 0.374. The lowest BCUT2D eigenvalue weighted by Gasteiger charge is -2.39. The van der Waals surface area contributed by atoms with Crippen LogP contribution in [0.3, 0.4) is 0 Å². The van der Waals surface area contributed by atoms with Crippen LogP contribution in [0.5, 0.6) is 0 Å². The molecular weight excluding hydrogens is 307 g/mol. The summed E-state index contributed by atoms with van der Waals surface area (Å²) < 4.78 is 16.2. The van der Waals surface area contributed by atoms with E-state index < -0.39 is 56.0 Å². The van der Waals surface area contributed by atoms with Gasteiger partial charge in [-0.15, -0.1) is 0 Å². The van der Waals surface area contributed by atoms with Crippen molar-refractivity contribution in [1.82, 2.24) is 5.32 Å². The van der Waals surface area contributed by atoms with Gasteiger partial charge < -0.3 is 40.9 Å². The lowest BCUT2D eigenvalue weighted by molar-refractivity contribution is -0.125. The maximum absolute atomic E-state index is 11.2. The highest BCUT2D eigenvalue weighted by molar-refractivity contribution is 7.56. The third kappa shape index (κ3) is 4.48. The number of amides is 1. The van der Waals surface area contributed by atoms with Gasteiger partial charge in [0.2, 0.25) is 11.4 Å². The molecule has 10 nitrogen and oxygen atoms in total. The molecule has 0 aliphatic carbocycles. The van der Waals surface area contributed by atoms with Crippen molar-refractivity contribution in [2.75, 3.05) is 6.61 Å². The van der Waals surface area contributed by atoms with Crippen LogP contribution in [0.4, 0.5) is 0 Å². The van der Waals surface area contributed by atoms with Gasteiger partial charge in [0.1, 0.15) is 18.3 Å². The van der Waals surface area contributed by atoms with E-state index in [0.29, 0.717) is 0 Å². The molecule has 0 saturated carbocycles. The highest BCUT2D eigenvalue weighted by Gasteiger charge is 2.44. The number of nitrogens with two attached hydrogens (primary N) is 1. The van der Waals surface area contributed by atoms with Crippen LogP contribution in [-0.2, 0) is 14.1 Å². The molecule has 5 atom stereocenters. The highest BCUT2D eigenvalue weighted by Crippen LogP contribution is 2.48. The standard InChI is InChI=1S/C10H19N2O8P/c1-4(14)12-8-5(11)2-7(21(17,18)19)20-10(8)9(16)6(15)3-13/h2,5-6,8-10,13,15-16H,3,11H2,1H3,(H,12,14)(H2,17,18,19)/t5-,6+,8+,9+,10+/m0/s1. The van der Waals surface area contributed by atoms with Crippen molar-refractivity contribution in [3.8, 4) is 0 Å². The topological polar surface area (TPSA) is 183 Å². The first-order valence-electron chi connectivity index (χ1n) is 6.02. The zero-order valence-corrected chi connectivity index (χ0v) is 12.1. The van der Waals surface area contributed by atoms with Gasteiger partial charge in [0.25, 0.3) is 0 Å². The molecule has 11 heteroatoms. The number of carbonyl (C=O) groups excluding carboxylic acids is 1. The smallest absolute Gasteiger partial charge is 0.390 e. The molecule has 1 aliphatic heterocycles. The van der Waals surface area contributed by atoms with E-state index in [4.69, 9.17) is 25.4 Å². The fourth-order valence-electron chi connectivity index (χ4n) is 1.93. The van der Waals surface area contributed by atoms with E-state index in [1.807, 2.05) is 0 Å². The molecule has 0 unspecified atom stereocenters. The van der Waals surface area contributed by atoms with Gasteiger partial charge in [0, 0.05) is 6.92 Å². The van der Waals surface area contributed by atoms with Gasteiger partial charge in [-0.3, -0.25) is 9.36 Å². The minimum Gasteiger partial charge on any atom is -0.478 e. The summed E-state index contributed by atoms with van der Waals surface area (Å²) in [5, 5.41) is 30.6. The van der Waals surface area contributed by atoms with Crippen LogP contribution < -0.4 is 11.1 Å². The Labute approximate surface area is 120 Å². The Morgan fingerprint density at radius 1 is 1.52 bits per heavy atom. The summed E-state index contributed by atoms with van der Waals surface area (Å²) in [5.74, 6) is -0.511. The second-order valence-corrected chi connectivity index (χ2v) is 6.20. The molecular formula is C10H19N2O8P. The normalized spacial score (nSPS) is 29.1. The Hall–Kier alpha value is -1.00. The van der Waals surface area contributed by atoms with Gasteiger partial charge in [-0.25, -0.2) is 0 Å². The Kier molecular flexibility index (Phi) is 5.88. The van der Waals surface area contributed by atoms with Crippen molar-refractivity contribution in [2.24, 2.45) is 5.73 Å².